The highest BCUT2D eigenvalue weighted by Crippen LogP contribution is 2.25. The van der Waals surface area contributed by atoms with Crippen molar-refractivity contribution in [1.82, 2.24) is 9.29 Å². The van der Waals surface area contributed by atoms with Crippen molar-refractivity contribution in [1.29, 1.82) is 0 Å². The van der Waals surface area contributed by atoms with E-state index in [-0.39, 0.29) is 17.2 Å². The van der Waals surface area contributed by atoms with Gasteiger partial charge in [0.1, 0.15) is 16.5 Å². The van der Waals surface area contributed by atoms with Crippen LogP contribution >= 0.6 is 0 Å². The third-order valence-electron chi connectivity index (χ3n) is 4.41. The molecule has 1 aliphatic heterocycles. The normalized spacial score (nSPS) is 16.6. The predicted octanol–water partition coefficient (Wildman–Crippen LogP) is 2.91. The van der Waals surface area contributed by atoms with Crippen molar-refractivity contribution in [2.75, 3.05) is 25.0 Å². The highest BCUT2D eigenvalue weighted by molar-refractivity contribution is 7.89. The van der Waals surface area contributed by atoms with Crippen LogP contribution in [-0.2, 0) is 10.0 Å². The van der Waals surface area contributed by atoms with Gasteiger partial charge in [0.15, 0.2) is 0 Å². The van der Waals surface area contributed by atoms with Crippen LogP contribution in [0.4, 0.5) is 19.0 Å². The fourth-order valence-corrected chi connectivity index (χ4v) is 4.39. The number of aliphatic hydroxyl groups excluding tert-OH is 1. The molecule has 11 heteroatoms. The molecule has 1 saturated heterocycles. The van der Waals surface area contributed by atoms with E-state index in [1.165, 1.54) is 34.8 Å². The lowest BCUT2D eigenvalue weighted by Crippen LogP contribution is -2.28. The molecule has 3 rings (SSSR count). The first kappa shape index (κ1) is 21.3. The number of aromatic nitrogens is 1. The highest BCUT2D eigenvalue weighted by Gasteiger charge is 2.31. The van der Waals surface area contributed by atoms with Crippen molar-refractivity contribution in [2.24, 2.45) is 0 Å². The fourth-order valence-electron chi connectivity index (χ4n) is 2.93. The zero-order valence-electron chi connectivity index (χ0n) is 15.3. The highest BCUT2D eigenvalue weighted by atomic mass is 32.2. The van der Waals surface area contributed by atoms with E-state index in [0.29, 0.717) is 24.5 Å². The molecule has 1 unspecified atom stereocenters. The first-order chi connectivity index (χ1) is 13.6. The molecule has 1 atom stereocenters. The van der Waals surface area contributed by atoms with Gasteiger partial charge in [0, 0.05) is 25.8 Å². The zero-order chi connectivity index (χ0) is 21.1. The summed E-state index contributed by atoms with van der Waals surface area (Å²) in [5, 5.41) is 13.0. The average molecular weight is 431 g/mol. The molecular formula is C18H20F3N3O4S. The van der Waals surface area contributed by atoms with Gasteiger partial charge in [-0.3, -0.25) is 0 Å². The van der Waals surface area contributed by atoms with E-state index >= 15 is 0 Å². The molecule has 2 heterocycles. The maximum atomic E-state index is 12.5. The van der Waals surface area contributed by atoms with Crippen LogP contribution in [0.1, 0.15) is 24.5 Å². The van der Waals surface area contributed by atoms with Crippen LogP contribution in [0.2, 0.25) is 0 Å². The van der Waals surface area contributed by atoms with Crippen molar-refractivity contribution in [3.63, 3.8) is 0 Å². The Kier molecular flexibility index (Phi) is 6.30. The summed E-state index contributed by atoms with van der Waals surface area (Å²) in [5.41, 5.74) is 0.389. The van der Waals surface area contributed by atoms with E-state index in [1.807, 2.05) is 0 Å². The van der Waals surface area contributed by atoms with E-state index in [2.05, 4.69) is 15.0 Å². The minimum atomic E-state index is -4.78. The minimum absolute atomic E-state index is 0.0324. The maximum Gasteiger partial charge on any atom is 0.573 e. The number of pyridine rings is 1. The lowest BCUT2D eigenvalue weighted by Gasteiger charge is -2.16. The van der Waals surface area contributed by atoms with Gasteiger partial charge in [0.25, 0.3) is 0 Å². The minimum Gasteiger partial charge on any atom is -0.406 e. The number of rotatable bonds is 7. The molecule has 0 bridgehead atoms. The molecular weight excluding hydrogens is 411 g/mol. The van der Waals surface area contributed by atoms with Crippen molar-refractivity contribution < 1.29 is 31.4 Å². The molecule has 0 spiro atoms. The number of nitrogens with zero attached hydrogens (tertiary/aromatic N) is 2. The Bertz CT molecular complexity index is 913. The smallest absolute Gasteiger partial charge is 0.406 e. The van der Waals surface area contributed by atoms with E-state index in [0.717, 1.165) is 25.0 Å². The first-order valence-electron chi connectivity index (χ1n) is 8.89. The SMILES string of the molecule is O=S(=O)(c1ccc(NCC(O)c2ccc(OC(F)(F)F)cc2)nc1)N1CCCC1. The van der Waals surface area contributed by atoms with Crippen LogP contribution in [0.5, 0.6) is 5.75 Å². The number of benzene rings is 1. The summed E-state index contributed by atoms with van der Waals surface area (Å²) in [5.74, 6) is -0.0145. The van der Waals surface area contributed by atoms with Gasteiger partial charge in [0.2, 0.25) is 10.0 Å². The first-order valence-corrected chi connectivity index (χ1v) is 10.3. The number of nitrogens with one attached hydrogen (secondary N) is 1. The van der Waals surface area contributed by atoms with Gasteiger partial charge in [-0.2, -0.15) is 4.31 Å². The van der Waals surface area contributed by atoms with Crippen LogP contribution in [0.25, 0.3) is 0 Å². The topological polar surface area (TPSA) is 91.8 Å². The second-order valence-electron chi connectivity index (χ2n) is 6.50. The summed E-state index contributed by atoms with van der Waals surface area (Å²) in [4.78, 5) is 4.17. The Hall–Kier alpha value is -2.37. The zero-order valence-corrected chi connectivity index (χ0v) is 16.1. The summed E-state index contributed by atoms with van der Waals surface area (Å²) in [6, 6.07) is 7.82. The standard InChI is InChI=1S/C18H20F3N3O4S/c19-18(20,21)28-14-5-3-13(4-6-14)16(25)12-23-17-8-7-15(11-22-17)29(26,27)24-9-1-2-10-24/h3-8,11,16,25H,1-2,9-10,12H2,(H,22,23). The second kappa shape index (κ2) is 8.56. The van der Waals surface area contributed by atoms with Crippen molar-refractivity contribution in [3.8, 4) is 5.75 Å². The van der Waals surface area contributed by atoms with E-state index in [1.54, 1.807) is 0 Å². The Balaban J connectivity index is 1.57. The molecule has 7 nitrogen and oxygen atoms in total. The van der Waals surface area contributed by atoms with Gasteiger partial charge in [-0.05, 0) is 42.7 Å². The Morgan fingerprint density at radius 1 is 1.14 bits per heavy atom. The molecule has 1 fully saturated rings. The number of hydrogen-bond acceptors (Lipinski definition) is 6. The van der Waals surface area contributed by atoms with Crippen molar-refractivity contribution in [3.05, 3.63) is 48.2 Å². The van der Waals surface area contributed by atoms with Crippen LogP contribution in [0.15, 0.2) is 47.5 Å². The molecule has 2 N–H and O–H groups in total. The monoisotopic (exact) mass is 431 g/mol. The van der Waals surface area contributed by atoms with Gasteiger partial charge in [-0.1, -0.05) is 12.1 Å². The molecule has 0 saturated carbocycles. The number of alkyl halides is 3. The second-order valence-corrected chi connectivity index (χ2v) is 8.44. The molecule has 1 aromatic carbocycles. The lowest BCUT2D eigenvalue weighted by atomic mass is 10.1. The quantitative estimate of drug-likeness (QED) is 0.701. The number of hydrogen-bond donors (Lipinski definition) is 2. The largest absolute Gasteiger partial charge is 0.573 e. The summed E-state index contributed by atoms with van der Waals surface area (Å²) < 4.78 is 66.6. The number of anilines is 1. The average Bonchev–Trinajstić information content (AvgIpc) is 3.21. The third-order valence-corrected chi connectivity index (χ3v) is 6.30. The third kappa shape index (κ3) is 5.58. The lowest BCUT2D eigenvalue weighted by molar-refractivity contribution is -0.274. The Morgan fingerprint density at radius 2 is 1.79 bits per heavy atom. The van der Waals surface area contributed by atoms with Crippen molar-refractivity contribution >= 4 is 15.8 Å². The number of ether oxygens (including phenoxy) is 1. The molecule has 2 aromatic rings. The number of aliphatic hydroxyl groups is 1. The van der Waals surface area contributed by atoms with Crippen LogP contribution < -0.4 is 10.1 Å². The summed E-state index contributed by atoms with van der Waals surface area (Å²) in [6.07, 6.45) is -2.85. The van der Waals surface area contributed by atoms with Gasteiger partial charge in [-0.25, -0.2) is 13.4 Å². The van der Waals surface area contributed by atoms with E-state index < -0.39 is 22.5 Å². The fraction of sp³-hybridized carbons (Fsp3) is 0.389. The summed E-state index contributed by atoms with van der Waals surface area (Å²) in [6.45, 7) is 1.04. The van der Waals surface area contributed by atoms with Crippen LogP contribution in [0.3, 0.4) is 0 Å². The summed E-state index contributed by atoms with van der Waals surface area (Å²) >= 11 is 0. The van der Waals surface area contributed by atoms with Crippen LogP contribution in [0, 0.1) is 0 Å². The van der Waals surface area contributed by atoms with Gasteiger partial charge in [0.05, 0.1) is 6.10 Å². The molecule has 29 heavy (non-hydrogen) atoms. The molecule has 1 aromatic heterocycles. The van der Waals surface area contributed by atoms with Crippen LogP contribution in [-0.4, -0.2) is 48.8 Å². The Morgan fingerprint density at radius 3 is 2.34 bits per heavy atom. The maximum absolute atomic E-state index is 12.5. The molecule has 0 amide bonds. The molecule has 1 aliphatic rings. The number of sulfonamides is 1. The number of halogens is 3. The van der Waals surface area contributed by atoms with Gasteiger partial charge >= 0.3 is 6.36 Å². The van der Waals surface area contributed by atoms with E-state index in [4.69, 9.17) is 0 Å². The molecule has 158 valence electrons. The van der Waals surface area contributed by atoms with Crippen molar-refractivity contribution in [2.45, 2.75) is 30.2 Å². The Labute approximate surface area is 166 Å². The molecule has 0 aliphatic carbocycles. The summed E-state index contributed by atoms with van der Waals surface area (Å²) in [7, 11) is -3.55. The van der Waals surface area contributed by atoms with E-state index in [9.17, 15) is 26.7 Å². The van der Waals surface area contributed by atoms with Gasteiger partial charge in [-0.15, -0.1) is 13.2 Å². The molecule has 0 radical (unpaired) electrons. The van der Waals surface area contributed by atoms with Gasteiger partial charge < -0.3 is 15.2 Å². The predicted molar refractivity (Wildman–Crippen MR) is 98.8 cm³/mol.